The number of carboxylic acids is 1. The van der Waals surface area contributed by atoms with Crippen molar-refractivity contribution in [2.75, 3.05) is 5.32 Å². The minimum atomic E-state index is -1.11. The average molecular weight is 329 g/mol. The van der Waals surface area contributed by atoms with Gasteiger partial charge in [0.15, 0.2) is 5.82 Å². The SMILES string of the molecule is CC(C(=O)Nc1ncc(Cl)cc1Cl)n1cc(C(=O)O)cn1. The van der Waals surface area contributed by atoms with E-state index < -0.39 is 17.9 Å². The van der Waals surface area contributed by atoms with Crippen molar-refractivity contribution in [2.24, 2.45) is 0 Å². The van der Waals surface area contributed by atoms with Crippen molar-refractivity contribution < 1.29 is 14.7 Å². The number of carbonyl (C=O) groups is 2. The smallest absolute Gasteiger partial charge is 0.338 e. The molecule has 0 bridgehead atoms. The number of amides is 1. The lowest BCUT2D eigenvalue weighted by Crippen LogP contribution is -2.24. The number of pyridine rings is 1. The van der Waals surface area contributed by atoms with E-state index in [1.807, 2.05) is 0 Å². The van der Waals surface area contributed by atoms with E-state index >= 15 is 0 Å². The summed E-state index contributed by atoms with van der Waals surface area (Å²) in [5.41, 5.74) is -0.00250. The fraction of sp³-hybridized carbons (Fsp3) is 0.167. The van der Waals surface area contributed by atoms with Crippen molar-refractivity contribution in [2.45, 2.75) is 13.0 Å². The minimum Gasteiger partial charge on any atom is -0.478 e. The first kappa shape index (κ1) is 15.3. The number of carbonyl (C=O) groups excluding carboxylic acids is 1. The molecule has 0 radical (unpaired) electrons. The fourth-order valence-electron chi connectivity index (χ4n) is 1.51. The van der Waals surface area contributed by atoms with Gasteiger partial charge in [-0.3, -0.25) is 9.48 Å². The van der Waals surface area contributed by atoms with Gasteiger partial charge in [0.1, 0.15) is 6.04 Å². The highest BCUT2D eigenvalue weighted by molar-refractivity contribution is 6.36. The zero-order chi connectivity index (χ0) is 15.6. The summed E-state index contributed by atoms with van der Waals surface area (Å²) in [5, 5.41) is 15.7. The van der Waals surface area contributed by atoms with Crippen LogP contribution < -0.4 is 5.32 Å². The molecular weight excluding hydrogens is 319 g/mol. The van der Waals surface area contributed by atoms with E-state index in [0.717, 1.165) is 0 Å². The van der Waals surface area contributed by atoms with Crippen molar-refractivity contribution in [3.63, 3.8) is 0 Å². The van der Waals surface area contributed by atoms with E-state index in [0.29, 0.717) is 5.02 Å². The van der Waals surface area contributed by atoms with Gasteiger partial charge in [0.05, 0.1) is 21.8 Å². The zero-order valence-corrected chi connectivity index (χ0v) is 12.3. The summed E-state index contributed by atoms with van der Waals surface area (Å²) in [7, 11) is 0. The van der Waals surface area contributed by atoms with Gasteiger partial charge in [0.2, 0.25) is 5.91 Å². The number of hydrogen-bond acceptors (Lipinski definition) is 4. The van der Waals surface area contributed by atoms with E-state index in [-0.39, 0.29) is 16.4 Å². The second-order valence-corrected chi connectivity index (χ2v) is 5.01. The Morgan fingerprint density at radius 2 is 2.10 bits per heavy atom. The lowest BCUT2D eigenvalue weighted by Gasteiger charge is -2.12. The Kier molecular flexibility index (Phi) is 4.44. The van der Waals surface area contributed by atoms with E-state index in [1.165, 1.54) is 29.3 Å². The topological polar surface area (TPSA) is 97.1 Å². The highest BCUT2D eigenvalue weighted by Crippen LogP contribution is 2.23. The molecule has 0 aliphatic carbocycles. The maximum atomic E-state index is 12.1. The van der Waals surface area contributed by atoms with Gasteiger partial charge in [-0.05, 0) is 13.0 Å². The first-order valence-corrected chi connectivity index (χ1v) is 6.53. The van der Waals surface area contributed by atoms with Crippen molar-refractivity contribution in [3.05, 3.63) is 40.3 Å². The molecule has 0 spiro atoms. The number of nitrogens with one attached hydrogen (secondary N) is 1. The summed E-state index contributed by atoms with van der Waals surface area (Å²) in [5.74, 6) is -1.38. The van der Waals surface area contributed by atoms with Gasteiger partial charge in [0, 0.05) is 12.4 Å². The standard InChI is InChI=1S/C12H10Cl2N4O3/c1-6(18-5-7(3-16-18)12(20)21)11(19)17-10-9(14)2-8(13)4-15-10/h2-6H,1H3,(H,20,21)(H,15,17,19). The molecule has 21 heavy (non-hydrogen) atoms. The second-order valence-electron chi connectivity index (χ2n) is 4.16. The summed E-state index contributed by atoms with van der Waals surface area (Å²) in [6, 6.07) is 0.721. The Hall–Kier alpha value is -2.12. The molecular formula is C12H10Cl2N4O3. The first-order valence-electron chi connectivity index (χ1n) is 5.78. The predicted molar refractivity (Wildman–Crippen MR) is 76.8 cm³/mol. The van der Waals surface area contributed by atoms with Crippen LogP contribution in [0.2, 0.25) is 10.0 Å². The molecule has 1 atom stereocenters. The third kappa shape index (κ3) is 3.50. The molecule has 2 rings (SSSR count). The Bertz CT molecular complexity index is 702. The molecule has 9 heteroatoms. The van der Waals surface area contributed by atoms with Gasteiger partial charge >= 0.3 is 5.97 Å². The van der Waals surface area contributed by atoms with Crippen LogP contribution in [0.3, 0.4) is 0 Å². The number of aromatic carboxylic acids is 1. The summed E-state index contributed by atoms with van der Waals surface area (Å²) in [6.07, 6.45) is 3.78. The molecule has 2 aromatic rings. The number of anilines is 1. The van der Waals surface area contributed by atoms with Crippen molar-refractivity contribution >= 4 is 40.9 Å². The van der Waals surface area contributed by atoms with Gasteiger partial charge in [-0.1, -0.05) is 23.2 Å². The highest BCUT2D eigenvalue weighted by atomic mass is 35.5. The van der Waals surface area contributed by atoms with Crippen LogP contribution in [0.5, 0.6) is 0 Å². The Balaban J connectivity index is 2.13. The largest absolute Gasteiger partial charge is 0.478 e. The molecule has 2 N–H and O–H groups in total. The van der Waals surface area contributed by atoms with Crippen molar-refractivity contribution in [1.29, 1.82) is 0 Å². The van der Waals surface area contributed by atoms with E-state index in [1.54, 1.807) is 6.92 Å². The van der Waals surface area contributed by atoms with Crippen LogP contribution in [-0.4, -0.2) is 31.7 Å². The number of aromatic nitrogens is 3. The van der Waals surface area contributed by atoms with Crippen LogP contribution in [0, 0.1) is 0 Å². The monoisotopic (exact) mass is 328 g/mol. The molecule has 1 unspecified atom stereocenters. The van der Waals surface area contributed by atoms with Crippen LogP contribution in [0.15, 0.2) is 24.7 Å². The predicted octanol–water partition coefficient (Wildman–Crippen LogP) is 2.48. The Labute approximate surface area is 129 Å². The van der Waals surface area contributed by atoms with Gasteiger partial charge in [-0.15, -0.1) is 0 Å². The van der Waals surface area contributed by atoms with E-state index in [9.17, 15) is 9.59 Å². The van der Waals surface area contributed by atoms with E-state index in [4.69, 9.17) is 28.3 Å². The molecule has 0 aliphatic heterocycles. The molecule has 2 aromatic heterocycles. The summed E-state index contributed by atoms with van der Waals surface area (Å²) < 4.78 is 1.24. The number of hydrogen-bond donors (Lipinski definition) is 2. The van der Waals surface area contributed by atoms with Crippen molar-refractivity contribution in [3.8, 4) is 0 Å². The van der Waals surface area contributed by atoms with Crippen LogP contribution in [0.4, 0.5) is 5.82 Å². The summed E-state index contributed by atoms with van der Waals surface area (Å²) >= 11 is 11.6. The second kappa shape index (κ2) is 6.11. The number of halogens is 2. The van der Waals surface area contributed by atoms with Gasteiger partial charge in [0.25, 0.3) is 0 Å². The summed E-state index contributed by atoms with van der Waals surface area (Å²) in [6.45, 7) is 1.57. The lowest BCUT2D eigenvalue weighted by atomic mass is 10.3. The van der Waals surface area contributed by atoms with Gasteiger partial charge in [-0.25, -0.2) is 9.78 Å². The maximum Gasteiger partial charge on any atom is 0.338 e. The lowest BCUT2D eigenvalue weighted by molar-refractivity contribution is -0.119. The fourth-order valence-corrected chi connectivity index (χ4v) is 1.94. The molecule has 0 saturated heterocycles. The van der Waals surface area contributed by atoms with Gasteiger partial charge in [-0.2, -0.15) is 5.10 Å². The quantitative estimate of drug-likeness (QED) is 0.898. The maximum absolute atomic E-state index is 12.1. The van der Waals surface area contributed by atoms with Crippen LogP contribution in [-0.2, 0) is 4.79 Å². The average Bonchev–Trinajstić information content (AvgIpc) is 2.90. The Morgan fingerprint density at radius 1 is 1.38 bits per heavy atom. The molecule has 1 amide bonds. The highest BCUT2D eigenvalue weighted by Gasteiger charge is 2.19. The number of carboxylic acid groups (broad SMARTS) is 1. The first-order chi connectivity index (χ1) is 9.88. The third-order valence-corrected chi connectivity index (χ3v) is 3.17. The molecule has 0 fully saturated rings. The number of rotatable bonds is 4. The Morgan fingerprint density at radius 3 is 2.67 bits per heavy atom. The van der Waals surface area contributed by atoms with Gasteiger partial charge < -0.3 is 10.4 Å². The van der Waals surface area contributed by atoms with Crippen molar-refractivity contribution in [1.82, 2.24) is 14.8 Å². The minimum absolute atomic E-state index is 0.00250. The normalized spacial score (nSPS) is 12.0. The van der Waals surface area contributed by atoms with Crippen LogP contribution >= 0.6 is 23.2 Å². The summed E-state index contributed by atoms with van der Waals surface area (Å²) in [4.78, 5) is 26.8. The molecule has 110 valence electrons. The number of nitrogens with zero attached hydrogens (tertiary/aromatic N) is 3. The van der Waals surface area contributed by atoms with Crippen LogP contribution in [0.1, 0.15) is 23.3 Å². The molecule has 0 aromatic carbocycles. The molecule has 0 aliphatic rings. The molecule has 7 nitrogen and oxygen atoms in total. The van der Waals surface area contributed by atoms with E-state index in [2.05, 4.69) is 15.4 Å². The van der Waals surface area contributed by atoms with Crippen LogP contribution in [0.25, 0.3) is 0 Å². The molecule has 2 heterocycles. The molecule has 0 saturated carbocycles. The third-order valence-electron chi connectivity index (χ3n) is 2.67. The zero-order valence-electron chi connectivity index (χ0n) is 10.7.